The van der Waals surface area contributed by atoms with Crippen molar-refractivity contribution in [2.75, 3.05) is 12.4 Å². The van der Waals surface area contributed by atoms with E-state index in [1.165, 1.54) is 11.7 Å². The number of aromatic nitrogens is 4. The topological polar surface area (TPSA) is 93.0 Å². The van der Waals surface area contributed by atoms with E-state index >= 15 is 0 Å². The Hall–Kier alpha value is -2.77. The van der Waals surface area contributed by atoms with E-state index in [1.54, 1.807) is 0 Å². The maximum Gasteiger partial charge on any atom is 0.252 e. The van der Waals surface area contributed by atoms with Crippen molar-refractivity contribution in [2.24, 2.45) is 0 Å². The summed E-state index contributed by atoms with van der Waals surface area (Å²) >= 11 is 0. The molecule has 1 aliphatic heterocycles. The lowest BCUT2D eigenvalue weighted by molar-refractivity contribution is -0.136. The van der Waals surface area contributed by atoms with E-state index in [4.69, 9.17) is 0 Å². The first kappa shape index (κ1) is 12.3. The Morgan fingerprint density at radius 2 is 2.00 bits per heavy atom. The SMILES string of the molecule is CN1C(=O)CC(Nc2nnnn2-c2ccccc2)C1=O. The summed E-state index contributed by atoms with van der Waals surface area (Å²) in [5.74, 6) is -0.165. The van der Waals surface area contributed by atoms with Crippen molar-refractivity contribution in [1.82, 2.24) is 25.1 Å². The number of benzene rings is 1. The van der Waals surface area contributed by atoms with E-state index in [0.29, 0.717) is 5.95 Å². The molecule has 0 aliphatic carbocycles. The van der Waals surface area contributed by atoms with E-state index in [1.807, 2.05) is 30.3 Å². The second-order valence-corrected chi connectivity index (χ2v) is 4.44. The lowest BCUT2D eigenvalue weighted by atomic mass is 10.2. The molecule has 102 valence electrons. The van der Waals surface area contributed by atoms with Gasteiger partial charge in [0.15, 0.2) is 0 Å². The molecule has 0 saturated carbocycles. The molecule has 2 aromatic rings. The number of hydrogen-bond acceptors (Lipinski definition) is 6. The zero-order valence-electron chi connectivity index (χ0n) is 10.7. The van der Waals surface area contributed by atoms with Crippen LogP contribution in [0.3, 0.4) is 0 Å². The number of hydrogen-bond donors (Lipinski definition) is 1. The average Bonchev–Trinajstić information content (AvgIpc) is 3.02. The van der Waals surface area contributed by atoms with Gasteiger partial charge in [-0.05, 0) is 22.6 Å². The quantitative estimate of drug-likeness (QED) is 0.780. The molecule has 0 spiro atoms. The molecule has 1 fully saturated rings. The van der Waals surface area contributed by atoms with E-state index in [-0.39, 0.29) is 18.2 Å². The monoisotopic (exact) mass is 272 g/mol. The number of imide groups is 1. The third-order valence-corrected chi connectivity index (χ3v) is 3.16. The van der Waals surface area contributed by atoms with E-state index < -0.39 is 6.04 Å². The van der Waals surface area contributed by atoms with Crippen molar-refractivity contribution < 1.29 is 9.59 Å². The van der Waals surface area contributed by atoms with Gasteiger partial charge in [-0.3, -0.25) is 14.5 Å². The molecule has 2 heterocycles. The number of carbonyl (C=O) groups is 2. The molecule has 8 nitrogen and oxygen atoms in total. The summed E-state index contributed by atoms with van der Waals surface area (Å²) < 4.78 is 1.48. The minimum atomic E-state index is -0.624. The number of nitrogens with one attached hydrogen (secondary N) is 1. The van der Waals surface area contributed by atoms with Crippen LogP contribution in [-0.4, -0.2) is 50.0 Å². The van der Waals surface area contributed by atoms with Gasteiger partial charge < -0.3 is 5.32 Å². The Morgan fingerprint density at radius 3 is 2.65 bits per heavy atom. The number of para-hydroxylation sites is 1. The first-order valence-corrected chi connectivity index (χ1v) is 6.07. The first-order chi connectivity index (χ1) is 9.66. The summed E-state index contributed by atoms with van der Waals surface area (Å²) in [4.78, 5) is 24.4. The van der Waals surface area contributed by atoms with Crippen molar-refractivity contribution in [3.8, 4) is 5.69 Å². The molecule has 0 radical (unpaired) electrons. The van der Waals surface area contributed by atoms with E-state index in [9.17, 15) is 9.59 Å². The van der Waals surface area contributed by atoms with Gasteiger partial charge in [0, 0.05) is 7.05 Å². The van der Waals surface area contributed by atoms with Crippen LogP contribution in [0.15, 0.2) is 30.3 Å². The molecule has 1 unspecified atom stereocenters. The summed E-state index contributed by atoms with van der Waals surface area (Å²) in [6.45, 7) is 0. The van der Waals surface area contributed by atoms with Crippen molar-refractivity contribution >= 4 is 17.8 Å². The molecular formula is C12H12N6O2. The Bertz CT molecular complexity index is 653. The number of rotatable bonds is 3. The number of likely N-dealkylation sites (tertiary alicyclic amines) is 1. The summed E-state index contributed by atoms with van der Waals surface area (Å²) in [6.07, 6.45) is 0.108. The first-order valence-electron chi connectivity index (χ1n) is 6.07. The molecule has 8 heteroatoms. The Morgan fingerprint density at radius 1 is 1.25 bits per heavy atom. The molecule has 1 aromatic heterocycles. The van der Waals surface area contributed by atoms with Crippen LogP contribution in [0.1, 0.15) is 6.42 Å². The number of amides is 2. The van der Waals surface area contributed by atoms with Crippen LogP contribution in [0, 0.1) is 0 Å². The second kappa shape index (κ2) is 4.72. The number of carbonyl (C=O) groups excluding carboxylic acids is 2. The van der Waals surface area contributed by atoms with Gasteiger partial charge in [0.05, 0.1) is 12.1 Å². The molecule has 20 heavy (non-hydrogen) atoms. The highest BCUT2D eigenvalue weighted by atomic mass is 16.2. The third kappa shape index (κ3) is 2.00. The number of likely N-dealkylation sites (N-methyl/N-ethyl adjacent to an activating group) is 1. The maximum atomic E-state index is 11.9. The summed E-state index contributed by atoms with van der Waals surface area (Å²) in [6, 6.07) is 8.66. The molecule has 1 atom stereocenters. The van der Waals surface area contributed by atoms with Gasteiger partial charge >= 0.3 is 0 Å². The van der Waals surface area contributed by atoms with Gasteiger partial charge in [-0.2, -0.15) is 4.68 Å². The van der Waals surface area contributed by atoms with Gasteiger partial charge in [0.25, 0.3) is 5.91 Å². The third-order valence-electron chi connectivity index (χ3n) is 3.16. The van der Waals surface area contributed by atoms with Gasteiger partial charge in [0.2, 0.25) is 11.9 Å². The number of tetrazole rings is 1. The highest BCUT2D eigenvalue weighted by Gasteiger charge is 2.36. The van der Waals surface area contributed by atoms with Crippen LogP contribution in [0.4, 0.5) is 5.95 Å². The molecule has 1 saturated heterocycles. The zero-order chi connectivity index (χ0) is 14.1. The zero-order valence-corrected chi connectivity index (χ0v) is 10.7. The molecule has 3 rings (SSSR count). The summed E-state index contributed by atoms with van der Waals surface area (Å²) in [7, 11) is 1.46. The number of nitrogens with zero attached hydrogens (tertiary/aromatic N) is 5. The lowest BCUT2D eigenvalue weighted by Gasteiger charge is -2.11. The van der Waals surface area contributed by atoms with Crippen LogP contribution in [0.5, 0.6) is 0 Å². The Balaban J connectivity index is 1.85. The van der Waals surface area contributed by atoms with Gasteiger partial charge in [-0.25, -0.2) is 0 Å². The highest BCUT2D eigenvalue weighted by molar-refractivity contribution is 6.06. The maximum absolute atomic E-state index is 11.9. The molecular weight excluding hydrogens is 260 g/mol. The van der Waals surface area contributed by atoms with Crippen molar-refractivity contribution in [2.45, 2.75) is 12.5 Å². The van der Waals surface area contributed by atoms with Crippen LogP contribution < -0.4 is 5.32 Å². The van der Waals surface area contributed by atoms with Gasteiger partial charge in [-0.1, -0.05) is 23.3 Å². The minimum Gasteiger partial charge on any atom is -0.340 e. The fourth-order valence-corrected chi connectivity index (χ4v) is 2.04. The van der Waals surface area contributed by atoms with Crippen LogP contribution in [0.2, 0.25) is 0 Å². The Labute approximate surface area is 114 Å². The van der Waals surface area contributed by atoms with Crippen LogP contribution in [-0.2, 0) is 9.59 Å². The minimum absolute atomic E-state index is 0.108. The predicted molar refractivity (Wildman–Crippen MR) is 69.0 cm³/mol. The van der Waals surface area contributed by atoms with Gasteiger partial charge in [-0.15, -0.1) is 0 Å². The molecule has 0 bridgehead atoms. The summed E-state index contributed by atoms with van der Waals surface area (Å²) in [5, 5.41) is 14.2. The molecule has 1 aromatic carbocycles. The largest absolute Gasteiger partial charge is 0.340 e. The van der Waals surface area contributed by atoms with Crippen LogP contribution >= 0.6 is 0 Å². The number of anilines is 1. The van der Waals surface area contributed by atoms with Crippen molar-refractivity contribution in [3.63, 3.8) is 0 Å². The van der Waals surface area contributed by atoms with Crippen molar-refractivity contribution in [3.05, 3.63) is 30.3 Å². The predicted octanol–water partition coefficient (Wildman–Crippen LogP) is -0.169. The standard InChI is InChI=1S/C12H12N6O2/c1-17-10(19)7-9(11(17)20)13-12-14-15-16-18(12)8-5-3-2-4-6-8/h2-6,9H,7H2,1H3,(H,13,14,16). The van der Waals surface area contributed by atoms with Gasteiger partial charge in [0.1, 0.15) is 6.04 Å². The Kier molecular flexibility index (Phi) is 2.90. The lowest BCUT2D eigenvalue weighted by Crippen LogP contribution is -2.32. The fourth-order valence-electron chi connectivity index (χ4n) is 2.04. The highest BCUT2D eigenvalue weighted by Crippen LogP contribution is 2.17. The normalized spacial score (nSPS) is 18.6. The molecule has 1 aliphatic rings. The molecule has 1 N–H and O–H groups in total. The van der Waals surface area contributed by atoms with E-state index in [0.717, 1.165) is 10.6 Å². The van der Waals surface area contributed by atoms with E-state index in [2.05, 4.69) is 20.8 Å². The smallest absolute Gasteiger partial charge is 0.252 e. The second-order valence-electron chi connectivity index (χ2n) is 4.44. The van der Waals surface area contributed by atoms with Crippen molar-refractivity contribution in [1.29, 1.82) is 0 Å². The molecule has 2 amide bonds. The summed E-state index contributed by atoms with van der Waals surface area (Å²) in [5.41, 5.74) is 0.769. The average molecular weight is 272 g/mol. The van der Waals surface area contributed by atoms with Crippen LogP contribution in [0.25, 0.3) is 5.69 Å². The fraction of sp³-hybridized carbons (Fsp3) is 0.250.